The van der Waals surface area contributed by atoms with Crippen molar-refractivity contribution in [2.45, 2.75) is 12.8 Å². The first-order chi connectivity index (χ1) is 6.38. The number of pyridine rings is 1. The van der Waals surface area contributed by atoms with Crippen molar-refractivity contribution in [3.8, 4) is 0 Å². The van der Waals surface area contributed by atoms with Crippen LogP contribution in [0.3, 0.4) is 0 Å². The second kappa shape index (κ2) is 3.39. The third-order valence-electron chi connectivity index (χ3n) is 2.17. The molecule has 1 N–H and O–H groups in total. The zero-order chi connectivity index (χ0) is 9.10. The summed E-state index contributed by atoms with van der Waals surface area (Å²) in [6, 6.07) is 4.03. The predicted molar refractivity (Wildman–Crippen MR) is 50.3 cm³/mol. The summed E-state index contributed by atoms with van der Waals surface area (Å²) in [4.78, 5) is 11.2. The van der Waals surface area contributed by atoms with Gasteiger partial charge in [0.05, 0.1) is 12.0 Å². The number of aromatic nitrogens is 3. The number of hydrogen-bond acceptors (Lipinski definition) is 2. The van der Waals surface area contributed by atoms with Crippen molar-refractivity contribution in [3.05, 3.63) is 48.3 Å². The maximum Gasteiger partial charge on any atom is 0.0923 e. The van der Waals surface area contributed by atoms with E-state index in [2.05, 4.69) is 21.9 Å². The van der Waals surface area contributed by atoms with Gasteiger partial charge < -0.3 is 4.98 Å². The van der Waals surface area contributed by atoms with Crippen molar-refractivity contribution in [1.29, 1.82) is 0 Å². The lowest BCUT2D eigenvalue weighted by Gasteiger charge is -2.07. The SMILES string of the molecule is CC(c1ccncc1)c1c[nH]cn1. The van der Waals surface area contributed by atoms with Crippen molar-refractivity contribution >= 4 is 0 Å². The van der Waals surface area contributed by atoms with E-state index >= 15 is 0 Å². The lowest BCUT2D eigenvalue weighted by molar-refractivity contribution is 0.879. The smallest absolute Gasteiger partial charge is 0.0923 e. The fourth-order valence-electron chi connectivity index (χ4n) is 1.33. The minimum Gasteiger partial charge on any atom is -0.351 e. The van der Waals surface area contributed by atoms with Crippen LogP contribution in [-0.2, 0) is 0 Å². The van der Waals surface area contributed by atoms with Gasteiger partial charge in [-0.2, -0.15) is 0 Å². The minimum absolute atomic E-state index is 0.328. The Morgan fingerprint density at radius 3 is 2.69 bits per heavy atom. The number of H-pyrrole nitrogens is 1. The van der Waals surface area contributed by atoms with E-state index in [-0.39, 0.29) is 0 Å². The van der Waals surface area contributed by atoms with E-state index < -0.39 is 0 Å². The van der Waals surface area contributed by atoms with Crippen LogP contribution >= 0.6 is 0 Å². The number of aromatic amines is 1. The first-order valence-electron chi connectivity index (χ1n) is 4.26. The summed E-state index contributed by atoms with van der Waals surface area (Å²) in [5.41, 5.74) is 2.30. The lowest BCUT2D eigenvalue weighted by Crippen LogP contribution is -1.95. The molecule has 0 aliphatic heterocycles. The van der Waals surface area contributed by atoms with Gasteiger partial charge >= 0.3 is 0 Å². The molecule has 0 radical (unpaired) electrons. The Balaban J connectivity index is 2.29. The van der Waals surface area contributed by atoms with E-state index in [1.54, 1.807) is 18.7 Å². The van der Waals surface area contributed by atoms with Gasteiger partial charge in [0.25, 0.3) is 0 Å². The van der Waals surface area contributed by atoms with E-state index in [1.807, 2.05) is 18.3 Å². The zero-order valence-electron chi connectivity index (χ0n) is 7.44. The summed E-state index contributed by atoms with van der Waals surface area (Å²) in [6.07, 6.45) is 7.23. The number of rotatable bonds is 2. The monoisotopic (exact) mass is 173 g/mol. The van der Waals surface area contributed by atoms with Gasteiger partial charge in [0.15, 0.2) is 0 Å². The van der Waals surface area contributed by atoms with Crippen molar-refractivity contribution < 1.29 is 0 Å². The molecule has 0 aliphatic rings. The molecular weight excluding hydrogens is 162 g/mol. The van der Waals surface area contributed by atoms with Crippen LogP contribution in [0.5, 0.6) is 0 Å². The third kappa shape index (κ3) is 1.59. The summed E-state index contributed by atoms with van der Waals surface area (Å²) >= 11 is 0. The highest BCUT2D eigenvalue weighted by molar-refractivity contribution is 5.23. The van der Waals surface area contributed by atoms with E-state index in [1.165, 1.54) is 5.56 Å². The zero-order valence-corrected chi connectivity index (χ0v) is 7.44. The molecule has 0 aliphatic carbocycles. The molecule has 0 amide bonds. The average Bonchev–Trinajstić information content (AvgIpc) is 2.71. The van der Waals surface area contributed by atoms with Crippen molar-refractivity contribution in [2.75, 3.05) is 0 Å². The van der Waals surface area contributed by atoms with Crippen molar-refractivity contribution in [2.24, 2.45) is 0 Å². The maximum absolute atomic E-state index is 4.22. The molecule has 0 saturated heterocycles. The molecule has 0 bridgehead atoms. The van der Waals surface area contributed by atoms with Crippen molar-refractivity contribution in [1.82, 2.24) is 15.0 Å². The molecule has 0 fully saturated rings. The lowest BCUT2D eigenvalue weighted by atomic mass is 10.00. The highest BCUT2D eigenvalue weighted by Crippen LogP contribution is 2.20. The second-order valence-corrected chi connectivity index (χ2v) is 3.00. The van der Waals surface area contributed by atoms with Gasteiger partial charge in [-0.05, 0) is 17.7 Å². The summed E-state index contributed by atoms with van der Waals surface area (Å²) in [6.45, 7) is 2.13. The van der Waals surface area contributed by atoms with Gasteiger partial charge in [-0.25, -0.2) is 4.98 Å². The van der Waals surface area contributed by atoms with Crippen LogP contribution in [0.25, 0.3) is 0 Å². The van der Waals surface area contributed by atoms with Crippen LogP contribution in [-0.4, -0.2) is 15.0 Å². The summed E-state index contributed by atoms with van der Waals surface area (Å²) in [5, 5.41) is 0. The van der Waals surface area contributed by atoms with Crippen LogP contribution < -0.4 is 0 Å². The Morgan fingerprint density at radius 1 is 1.31 bits per heavy atom. The Hall–Kier alpha value is -1.64. The summed E-state index contributed by atoms with van der Waals surface area (Å²) in [5.74, 6) is 0.328. The molecule has 0 spiro atoms. The molecule has 2 rings (SSSR count). The molecule has 3 heteroatoms. The average molecular weight is 173 g/mol. The molecule has 1 unspecified atom stereocenters. The van der Waals surface area contributed by atoms with Crippen LogP contribution in [0.2, 0.25) is 0 Å². The molecule has 0 saturated carbocycles. The molecule has 66 valence electrons. The highest BCUT2D eigenvalue weighted by atomic mass is 14.9. The van der Waals surface area contributed by atoms with Gasteiger partial charge in [-0.1, -0.05) is 6.92 Å². The molecule has 2 aromatic heterocycles. The van der Waals surface area contributed by atoms with Crippen LogP contribution in [0.1, 0.15) is 24.1 Å². The molecular formula is C10H11N3. The van der Waals surface area contributed by atoms with Gasteiger partial charge in [0.1, 0.15) is 0 Å². The summed E-state index contributed by atoms with van der Waals surface area (Å²) in [7, 11) is 0. The Kier molecular flexibility index (Phi) is 2.08. The molecule has 3 nitrogen and oxygen atoms in total. The van der Waals surface area contributed by atoms with E-state index in [4.69, 9.17) is 0 Å². The first-order valence-corrected chi connectivity index (χ1v) is 4.26. The largest absolute Gasteiger partial charge is 0.351 e. The summed E-state index contributed by atoms with van der Waals surface area (Å²) < 4.78 is 0. The fourth-order valence-corrected chi connectivity index (χ4v) is 1.33. The van der Waals surface area contributed by atoms with Gasteiger partial charge in [-0.3, -0.25) is 4.98 Å². The number of imidazole rings is 1. The molecule has 2 aromatic rings. The molecule has 1 atom stereocenters. The standard InChI is InChI=1S/C10H11N3/c1-8(10-6-12-7-13-10)9-2-4-11-5-3-9/h2-8H,1H3,(H,12,13). The Labute approximate surface area is 76.9 Å². The first kappa shape index (κ1) is 7.98. The van der Waals surface area contributed by atoms with Gasteiger partial charge in [0, 0.05) is 24.5 Å². The Morgan fingerprint density at radius 2 is 2.08 bits per heavy atom. The number of nitrogens with zero attached hydrogens (tertiary/aromatic N) is 2. The topological polar surface area (TPSA) is 41.6 Å². The van der Waals surface area contributed by atoms with Gasteiger partial charge in [0.2, 0.25) is 0 Å². The van der Waals surface area contributed by atoms with E-state index in [0.29, 0.717) is 5.92 Å². The molecule has 13 heavy (non-hydrogen) atoms. The van der Waals surface area contributed by atoms with Crippen LogP contribution in [0, 0.1) is 0 Å². The number of hydrogen-bond donors (Lipinski definition) is 1. The van der Waals surface area contributed by atoms with Crippen LogP contribution in [0.4, 0.5) is 0 Å². The third-order valence-corrected chi connectivity index (χ3v) is 2.17. The van der Waals surface area contributed by atoms with Gasteiger partial charge in [-0.15, -0.1) is 0 Å². The quantitative estimate of drug-likeness (QED) is 0.754. The van der Waals surface area contributed by atoms with E-state index in [0.717, 1.165) is 5.69 Å². The Bertz CT molecular complexity index is 353. The maximum atomic E-state index is 4.22. The second-order valence-electron chi connectivity index (χ2n) is 3.00. The minimum atomic E-state index is 0.328. The van der Waals surface area contributed by atoms with Crippen molar-refractivity contribution in [3.63, 3.8) is 0 Å². The fraction of sp³-hybridized carbons (Fsp3) is 0.200. The normalized spacial score (nSPS) is 12.7. The van der Waals surface area contributed by atoms with E-state index in [9.17, 15) is 0 Å². The number of nitrogens with one attached hydrogen (secondary N) is 1. The molecule has 0 aromatic carbocycles. The predicted octanol–water partition coefficient (Wildman–Crippen LogP) is 1.96. The highest BCUT2D eigenvalue weighted by Gasteiger charge is 2.08. The molecule has 2 heterocycles. The van der Waals surface area contributed by atoms with Crippen LogP contribution in [0.15, 0.2) is 37.1 Å².